The number of nitrogens with one attached hydrogen (secondary N) is 1. The van der Waals surface area contributed by atoms with Crippen LogP contribution in [0.4, 0.5) is 22.0 Å². The second-order valence-corrected chi connectivity index (χ2v) is 5.78. The lowest BCUT2D eigenvalue weighted by Crippen LogP contribution is -2.04. The lowest BCUT2D eigenvalue weighted by Gasteiger charge is -2.02. The second-order valence-electron chi connectivity index (χ2n) is 5.78. The van der Waals surface area contributed by atoms with E-state index in [4.69, 9.17) is 4.42 Å². The van der Waals surface area contributed by atoms with Crippen molar-refractivity contribution >= 4 is 11.0 Å². The van der Waals surface area contributed by atoms with Gasteiger partial charge < -0.3 is 9.52 Å². The number of phenols is 1. The van der Waals surface area contributed by atoms with Gasteiger partial charge in [-0.05, 0) is 42.5 Å². The highest BCUT2D eigenvalue weighted by Crippen LogP contribution is 2.40. The van der Waals surface area contributed by atoms with Crippen LogP contribution in [0, 0.1) is 11.6 Å². The maximum absolute atomic E-state index is 13.4. The van der Waals surface area contributed by atoms with Gasteiger partial charge in [0.25, 0.3) is 0 Å². The first kappa shape index (κ1) is 17.1. The summed E-state index contributed by atoms with van der Waals surface area (Å²) in [5.41, 5.74) is -0.622. The fourth-order valence-electron chi connectivity index (χ4n) is 2.70. The molecule has 0 fully saturated rings. The molecule has 4 nitrogen and oxygen atoms in total. The molecule has 0 saturated carbocycles. The molecule has 9 heteroatoms. The van der Waals surface area contributed by atoms with Gasteiger partial charge in [-0.15, -0.1) is 0 Å². The molecule has 0 amide bonds. The van der Waals surface area contributed by atoms with Crippen molar-refractivity contribution in [3.8, 4) is 28.3 Å². The molecule has 4 rings (SSSR count). The van der Waals surface area contributed by atoms with Gasteiger partial charge in [0.2, 0.25) is 0 Å². The van der Waals surface area contributed by atoms with Crippen molar-refractivity contribution in [3.05, 3.63) is 59.8 Å². The van der Waals surface area contributed by atoms with E-state index >= 15 is 0 Å². The molecule has 2 N–H and O–H groups in total. The highest BCUT2D eigenvalue weighted by molar-refractivity contribution is 5.94. The average Bonchev–Trinajstić information content (AvgIpc) is 3.24. The molecule has 0 unspecified atom stereocenters. The molecule has 2 aromatic heterocycles. The molecule has 0 aliphatic heterocycles. The fourth-order valence-corrected chi connectivity index (χ4v) is 2.70. The molecule has 2 aromatic carbocycles. The number of fused-ring (bicyclic) bond motifs is 1. The number of aromatic nitrogens is 2. The van der Waals surface area contributed by atoms with Gasteiger partial charge in [-0.25, -0.2) is 8.78 Å². The normalized spacial score (nSPS) is 12.0. The first-order chi connectivity index (χ1) is 12.7. The van der Waals surface area contributed by atoms with E-state index < -0.39 is 23.5 Å². The lowest BCUT2D eigenvalue weighted by atomic mass is 10.1. The minimum atomic E-state index is -4.60. The molecule has 0 bridgehead atoms. The van der Waals surface area contributed by atoms with Crippen molar-refractivity contribution in [2.24, 2.45) is 0 Å². The number of rotatable bonds is 2. The molecule has 0 radical (unpaired) electrons. The minimum absolute atomic E-state index is 0.0619. The first-order valence-corrected chi connectivity index (χ1v) is 7.58. The van der Waals surface area contributed by atoms with Crippen LogP contribution in [0.5, 0.6) is 5.75 Å². The number of aromatic hydroxyl groups is 1. The minimum Gasteiger partial charge on any atom is -0.506 e. The Balaban J connectivity index is 1.80. The van der Waals surface area contributed by atoms with E-state index in [-0.39, 0.29) is 39.3 Å². The van der Waals surface area contributed by atoms with E-state index in [0.29, 0.717) is 0 Å². The van der Waals surface area contributed by atoms with Gasteiger partial charge in [0, 0.05) is 11.1 Å². The summed E-state index contributed by atoms with van der Waals surface area (Å²) < 4.78 is 70.2. The predicted molar refractivity (Wildman–Crippen MR) is 85.8 cm³/mol. The van der Waals surface area contributed by atoms with Crippen LogP contribution < -0.4 is 0 Å². The van der Waals surface area contributed by atoms with Gasteiger partial charge in [-0.2, -0.15) is 18.3 Å². The molecular formula is C18H9F5N2O2. The number of phenolic OH excluding ortho intramolecular Hbond substituents is 1. The lowest BCUT2D eigenvalue weighted by molar-refractivity contribution is -0.141. The standard InChI is InChI=1S/C18H9F5N2O2/c19-11-3-1-8(5-12(11)20)15-6-10-14(27-15)4-2-9(17(10)26)13-7-16(25-24-13)18(21,22)23/h1-7,26H,(H,24,25). The van der Waals surface area contributed by atoms with Gasteiger partial charge in [0.1, 0.15) is 22.8 Å². The van der Waals surface area contributed by atoms with E-state index in [2.05, 4.69) is 5.10 Å². The van der Waals surface area contributed by atoms with E-state index in [9.17, 15) is 27.1 Å². The zero-order chi connectivity index (χ0) is 19.3. The number of hydrogen-bond donors (Lipinski definition) is 2. The maximum Gasteiger partial charge on any atom is 0.432 e. The average molecular weight is 380 g/mol. The van der Waals surface area contributed by atoms with E-state index in [1.165, 1.54) is 24.3 Å². The Kier molecular flexibility index (Phi) is 3.69. The van der Waals surface area contributed by atoms with Gasteiger partial charge in [0.05, 0.1) is 11.1 Å². The van der Waals surface area contributed by atoms with Crippen LogP contribution in [0.3, 0.4) is 0 Å². The number of benzene rings is 2. The molecule has 0 spiro atoms. The van der Waals surface area contributed by atoms with Crippen molar-refractivity contribution in [2.45, 2.75) is 6.18 Å². The van der Waals surface area contributed by atoms with Crippen molar-refractivity contribution in [1.82, 2.24) is 10.2 Å². The molecule has 27 heavy (non-hydrogen) atoms. The maximum atomic E-state index is 13.4. The number of alkyl halides is 3. The van der Waals surface area contributed by atoms with Gasteiger partial charge >= 0.3 is 6.18 Å². The van der Waals surface area contributed by atoms with Gasteiger partial charge in [-0.3, -0.25) is 5.10 Å². The van der Waals surface area contributed by atoms with E-state index in [1.54, 1.807) is 0 Å². The number of hydrogen-bond acceptors (Lipinski definition) is 3. The molecule has 0 atom stereocenters. The largest absolute Gasteiger partial charge is 0.506 e. The van der Waals surface area contributed by atoms with E-state index in [0.717, 1.165) is 18.2 Å². The van der Waals surface area contributed by atoms with Crippen molar-refractivity contribution in [2.75, 3.05) is 0 Å². The smallest absolute Gasteiger partial charge is 0.432 e. The Bertz CT molecular complexity index is 1160. The summed E-state index contributed by atoms with van der Waals surface area (Å²) >= 11 is 0. The van der Waals surface area contributed by atoms with E-state index in [1.807, 2.05) is 5.10 Å². The summed E-state index contributed by atoms with van der Waals surface area (Å²) in [7, 11) is 0. The number of nitrogens with zero attached hydrogens (tertiary/aromatic N) is 1. The van der Waals surface area contributed by atoms with Crippen LogP contribution in [0.25, 0.3) is 33.6 Å². The van der Waals surface area contributed by atoms with Gasteiger partial charge in [0.15, 0.2) is 11.6 Å². The molecule has 0 saturated heterocycles. The third-order valence-corrected chi connectivity index (χ3v) is 4.04. The van der Waals surface area contributed by atoms with Gasteiger partial charge in [-0.1, -0.05) is 0 Å². The zero-order valence-electron chi connectivity index (χ0n) is 13.2. The Hall–Kier alpha value is -3.36. The SMILES string of the molecule is Oc1c(-c2cc(C(F)(F)F)[nH]n2)ccc2oc(-c3ccc(F)c(F)c3)cc12. The summed E-state index contributed by atoms with van der Waals surface area (Å²) in [6.07, 6.45) is -4.60. The topological polar surface area (TPSA) is 62.0 Å². The molecule has 0 aliphatic rings. The van der Waals surface area contributed by atoms with Crippen LogP contribution in [0.1, 0.15) is 5.69 Å². The van der Waals surface area contributed by atoms with Crippen LogP contribution in [-0.4, -0.2) is 15.3 Å². The van der Waals surface area contributed by atoms with Crippen LogP contribution in [0.15, 0.2) is 46.9 Å². The second kappa shape index (κ2) is 5.83. The first-order valence-electron chi connectivity index (χ1n) is 7.58. The highest BCUT2D eigenvalue weighted by Gasteiger charge is 2.33. The Morgan fingerprint density at radius 3 is 2.41 bits per heavy atom. The van der Waals surface area contributed by atoms with Crippen LogP contribution in [-0.2, 0) is 6.18 Å². The number of furan rings is 1. The summed E-state index contributed by atoms with van der Waals surface area (Å²) in [6.45, 7) is 0. The number of H-pyrrole nitrogens is 1. The summed E-state index contributed by atoms with van der Waals surface area (Å²) in [5, 5.41) is 16.1. The van der Waals surface area contributed by atoms with Crippen molar-refractivity contribution in [3.63, 3.8) is 0 Å². The van der Waals surface area contributed by atoms with Crippen LogP contribution >= 0.6 is 0 Å². The van der Waals surface area contributed by atoms with Crippen molar-refractivity contribution < 1.29 is 31.5 Å². The summed E-state index contributed by atoms with van der Waals surface area (Å²) in [5.74, 6) is -2.26. The number of halogens is 5. The summed E-state index contributed by atoms with van der Waals surface area (Å²) in [4.78, 5) is 0. The van der Waals surface area contributed by atoms with Crippen molar-refractivity contribution in [1.29, 1.82) is 0 Å². The third kappa shape index (κ3) is 2.90. The highest BCUT2D eigenvalue weighted by atomic mass is 19.4. The molecule has 2 heterocycles. The predicted octanol–water partition coefficient (Wildman–Crippen LogP) is 5.49. The van der Waals surface area contributed by atoms with Crippen LogP contribution in [0.2, 0.25) is 0 Å². The monoisotopic (exact) mass is 380 g/mol. The zero-order valence-corrected chi connectivity index (χ0v) is 13.2. The number of aromatic amines is 1. The molecular weight excluding hydrogens is 371 g/mol. The Morgan fingerprint density at radius 2 is 1.74 bits per heavy atom. The summed E-state index contributed by atoms with van der Waals surface area (Å²) in [6, 6.07) is 8.13. The fraction of sp³-hybridized carbons (Fsp3) is 0.0556. The Morgan fingerprint density at radius 1 is 0.963 bits per heavy atom. The third-order valence-electron chi connectivity index (χ3n) is 4.04. The quantitative estimate of drug-likeness (QED) is 0.452. The molecule has 4 aromatic rings. The molecule has 138 valence electrons. The Labute approximate surface area is 147 Å². The molecule has 0 aliphatic carbocycles.